The molecule has 4 aromatic rings. The first-order valence-electron chi connectivity index (χ1n) is 9.93. The average Bonchev–Trinajstić information content (AvgIpc) is 2.76. The van der Waals surface area contributed by atoms with Gasteiger partial charge in [-0.15, -0.1) is 0 Å². The lowest BCUT2D eigenvalue weighted by Crippen LogP contribution is -2.17. The van der Waals surface area contributed by atoms with Gasteiger partial charge in [-0.25, -0.2) is 8.42 Å². The minimum Gasteiger partial charge on any atom is -0.321 e. The van der Waals surface area contributed by atoms with E-state index in [1.165, 1.54) is 18.2 Å². The van der Waals surface area contributed by atoms with Crippen LogP contribution < -0.4 is 10.0 Å². The van der Waals surface area contributed by atoms with Crippen molar-refractivity contribution in [1.29, 1.82) is 0 Å². The third-order valence-corrected chi connectivity index (χ3v) is 7.01. The first kappa shape index (κ1) is 21.9. The second-order valence-corrected chi connectivity index (χ2v) is 9.61. The molecule has 0 fully saturated rings. The van der Waals surface area contributed by atoms with E-state index in [4.69, 9.17) is 11.6 Å². The number of rotatable bonds is 5. The van der Waals surface area contributed by atoms with Crippen molar-refractivity contribution in [2.24, 2.45) is 0 Å². The molecule has 0 saturated heterocycles. The first-order valence-corrected chi connectivity index (χ1v) is 11.8. The Hall–Kier alpha value is -3.35. The molecule has 0 heterocycles. The number of hydrogen-bond acceptors (Lipinski definition) is 3. The van der Waals surface area contributed by atoms with Gasteiger partial charge in [-0.05, 0) is 60.7 Å². The molecule has 1 amide bonds. The van der Waals surface area contributed by atoms with Crippen LogP contribution in [-0.2, 0) is 10.0 Å². The van der Waals surface area contributed by atoms with Crippen molar-refractivity contribution in [3.8, 4) is 0 Å². The van der Waals surface area contributed by atoms with Crippen molar-refractivity contribution in [3.63, 3.8) is 0 Å². The average molecular weight is 465 g/mol. The molecule has 4 rings (SSSR count). The molecule has 0 aliphatic heterocycles. The molecular formula is C25H21ClN2O3S. The number of aryl methyl sites for hydroxylation is 2. The molecule has 32 heavy (non-hydrogen) atoms. The van der Waals surface area contributed by atoms with Gasteiger partial charge in [0, 0.05) is 16.6 Å². The highest BCUT2D eigenvalue weighted by Gasteiger charge is 2.21. The van der Waals surface area contributed by atoms with Gasteiger partial charge in [0.1, 0.15) is 4.90 Å². The van der Waals surface area contributed by atoms with Crippen molar-refractivity contribution in [1.82, 2.24) is 0 Å². The summed E-state index contributed by atoms with van der Waals surface area (Å²) in [4.78, 5) is 12.8. The molecule has 5 nitrogen and oxygen atoms in total. The highest BCUT2D eigenvalue weighted by molar-refractivity contribution is 7.92. The predicted molar refractivity (Wildman–Crippen MR) is 130 cm³/mol. The number of nitrogens with one attached hydrogen (secondary N) is 2. The van der Waals surface area contributed by atoms with Crippen molar-refractivity contribution >= 4 is 49.7 Å². The molecule has 0 aromatic heterocycles. The van der Waals surface area contributed by atoms with E-state index < -0.39 is 15.9 Å². The third kappa shape index (κ3) is 4.47. The number of amides is 1. The number of fused-ring (bicyclic) bond motifs is 1. The summed E-state index contributed by atoms with van der Waals surface area (Å²) in [5, 5.41) is 4.78. The summed E-state index contributed by atoms with van der Waals surface area (Å²) in [7, 11) is -4.01. The van der Waals surface area contributed by atoms with E-state index in [1.54, 1.807) is 12.1 Å². The van der Waals surface area contributed by atoms with Gasteiger partial charge >= 0.3 is 0 Å². The predicted octanol–water partition coefficient (Wildman–Crippen LogP) is 6.16. The number of benzene rings is 4. The van der Waals surface area contributed by atoms with Crippen LogP contribution in [-0.4, -0.2) is 14.3 Å². The lowest BCUT2D eigenvalue weighted by molar-refractivity contribution is 0.102. The molecule has 162 valence electrons. The highest BCUT2D eigenvalue weighted by Crippen LogP contribution is 2.28. The van der Waals surface area contributed by atoms with Gasteiger partial charge in [0.25, 0.3) is 15.9 Å². The fraction of sp³-hybridized carbons (Fsp3) is 0.0800. The van der Waals surface area contributed by atoms with Gasteiger partial charge in [-0.3, -0.25) is 9.52 Å². The van der Waals surface area contributed by atoms with Crippen LogP contribution in [0.4, 0.5) is 11.4 Å². The standard InChI is InChI=1S/C25H21ClN2O3S/c1-16-10-11-17(2)23(14-16)28-32(30,31)24-15-19(12-13-21(24)26)25(29)27-22-9-5-7-18-6-3-4-8-20(18)22/h3-15,28H,1-2H3,(H,27,29). The van der Waals surface area contributed by atoms with Crippen LogP contribution >= 0.6 is 11.6 Å². The Morgan fingerprint density at radius 2 is 1.59 bits per heavy atom. The Morgan fingerprint density at radius 3 is 2.41 bits per heavy atom. The van der Waals surface area contributed by atoms with E-state index in [0.717, 1.165) is 21.9 Å². The SMILES string of the molecule is Cc1ccc(C)c(NS(=O)(=O)c2cc(C(=O)Nc3cccc4ccccc34)ccc2Cl)c1. The molecule has 0 radical (unpaired) electrons. The van der Waals surface area contributed by atoms with Crippen molar-refractivity contribution in [2.75, 3.05) is 10.0 Å². The minimum absolute atomic E-state index is 0.0320. The van der Waals surface area contributed by atoms with Crippen LogP contribution in [0.15, 0.2) is 83.8 Å². The molecule has 0 atom stereocenters. The zero-order valence-corrected chi connectivity index (χ0v) is 19.1. The first-order chi connectivity index (χ1) is 15.2. The third-order valence-electron chi connectivity index (χ3n) is 5.16. The smallest absolute Gasteiger partial charge is 0.263 e. The fourth-order valence-electron chi connectivity index (χ4n) is 3.42. The normalized spacial score (nSPS) is 11.3. The number of halogens is 1. The van der Waals surface area contributed by atoms with E-state index in [-0.39, 0.29) is 15.5 Å². The minimum atomic E-state index is -4.01. The van der Waals surface area contributed by atoms with Crippen LogP contribution in [0, 0.1) is 13.8 Å². The molecule has 0 aliphatic rings. The maximum atomic E-state index is 13.1. The van der Waals surface area contributed by atoms with Gasteiger partial charge in [-0.1, -0.05) is 60.1 Å². The Balaban J connectivity index is 1.66. The van der Waals surface area contributed by atoms with E-state index in [1.807, 2.05) is 62.4 Å². The van der Waals surface area contributed by atoms with Gasteiger partial charge in [0.05, 0.1) is 10.7 Å². The van der Waals surface area contributed by atoms with Crippen molar-refractivity contribution in [3.05, 3.63) is 101 Å². The zero-order valence-electron chi connectivity index (χ0n) is 17.5. The monoisotopic (exact) mass is 464 g/mol. The van der Waals surface area contributed by atoms with Crippen LogP contribution in [0.1, 0.15) is 21.5 Å². The molecule has 0 aliphatic carbocycles. The molecule has 0 saturated carbocycles. The quantitative estimate of drug-likeness (QED) is 0.371. The van der Waals surface area contributed by atoms with Gasteiger partial charge in [0.15, 0.2) is 0 Å². The summed E-state index contributed by atoms with van der Waals surface area (Å²) in [6, 6.07) is 23.0. The van der Waals surface area contributed by atoms with Crippen LogP contribution in [0.3, 0.4) is 0 Å². The maximum absolute atomic E-state index is 13.1. The topological polar surface area (TPSA) is 75.3 Å². The largest absolute Gasteiger partial charge is 0.321 e. The van der Waals surface area contributed by atoms with E-state index in [9.17, 15) is 13.2 Å². The number of sulfonamides is 1. The second-order valence-electron chi connectivity index (χ2n) is 7.55. The summed E-state index contributed by atoms with van der Waals surface area (Å²) in [6.45, 7) is 3.69. The summed E-state index contributed by atoms with van der Waals surface area (Å²) >= 11 is 6.21. The van der Waals surface area contributed by atoms with Crippen molar-refractivity contribution in [2.45, 2.75) is 18.7 Å². The lowest BCUT2D eigenvalue weighted by atomic mass is 10.1. The number of anilines is 2. The number of carbonyl (C=O) groups is 1. The van der Waals surface area contributed by atoms with E-state index in [2.05, 4.69) is 10.0 Å². The molecule has 0 unspecified atom stereocenters. The Bertz CT molecular complexity index is 1440. The number of hydrogen-bond donors (Lipinski definition) is 2. The van der Waals surface area contributed by atoms with E-state index in [0.29, 0.717) is 11.4 Å². The molecule has 0 spiro atoms. The molecule has 0 bridgehead atoms. The highest BCUT2D eigenvalue weighted by atomic mass is 35.5. The Kier molecular flexibility index (Phi) is 5.91. The Labute approximate surface area is 192 Å². The molecular weight excluding hydrogens is 444 g/mol. The van der Waals surface area contributed by atoms with Gasteiger partial charge < -0.3 is 5.32 Å². The molecule has 2 N–H and O–H groups in total. The molecule has 7 heteroatoms. The van der Waals surface area contributed by atoms with Crippen LogP contribution in [0.5, 0.6) is 0 Å². The van der Waals surface area contributed by atoms with Crippen LogP contribution in [0.25, 0.3) is 10.8 Å². The zero-order chi connectivity index (χ0) is 22.9. The molecule has 4 aromatic carbocycles. The summed E-state index contributed by atoms with van der Waals surface area (Å²) in [6.07, 6.45) is 0. The van der Waals surface area contributed by atoms with Gasteiger partial charge in [-0.2, -0.15) is 0 Å². The lowest BCUT2D eigenvalue weighted by Gasteiger charge is -2.14. The number of carbonyl (C=O) groups excluding carboxylic acids is 1. The summed E-state index contributed by atoms with van der Waals surface area (Å²) in [5.41, 5.74) is 2.99. The fourth-order valence-corrected chi connectivity index (χ4v) is 5.07. The van der Waals surface area contributed by atoms with Crippen LogP contribution in [0.2, 0.25) is 5.02 Å². The van der Waals surface area contributed by atoms with Crippen molar-refractivity contribution < 1.29 is 13.2 Å². The van der Waals surface area contributed by atoms with E-state index >= 15 is 0 Å². The van der Waals surface area contributed by atoms with Gasteiger partial charge in [0.2, 0.25) is 0 Å². The summed E-state index contributed by atoms with van der Waals surface area (Å²) in [5.74, 6) is -0.429. The summed E-state index contributed by atoms with van der Waals surface area (Å²) < 4.78 is 28.7. The maximum Gasteiger partial charge on any atom is 0.263 e. The Morgan fingerprint density at radius 1 is 0.844 bits per heavy atom. The second kappa shape index (κ2) is 8.65.